The van der Waals surface area contributed by atoms with Crippen LogP contribution in [0.4, 0.5) is 13.2 Å². The largest absolute Gasteiger partial charge is 0.454 e. The van der Waals surface area contributed by atoms with Gasteiger partial charge in [0.2, 0.25) is 5.82 Å². The maximum Gasteiger partial charge on any atom is 0.449 e. The number of alkyl halides is 3. The van der Waals surface area contributed by atoms with Gasteiger partial charge in [-0.2, -0.15) is 13.2 Å². The van der Waals surface area contributed by atoms with E-state index in [0.29, 0.717) is 11.0 Å². The molecule has 2 heterocycles. The van der Waals surface area contributed by atoms with E-state index in [2.05, 4.69) is 4.98 Å². The SMILES string of the molecule is CC(C)CN(C(=O)COC(=O)Cn1c(C(F)(F)F)nc2ccccc21)[C@@H]1CCS(=O)(=O)C1. The highest BCUT2D eigenvalue weighted by Gasteiger charge is 2.38. The number of halogens is 3. The first-order chi connectivity index (χ1) is 14.9. The number of sulfone groups is 1. The molecule has 1 aliphatic heterocycles. The van der Waals surface area contributed by atoms with Crippen LogP contribution in [0.15, 0.2) is 24.3 Å². The standard InChI is InChI=1S/C20H24F3N3O5S/c1-13(2)9-25(14-7-8-32(29,30)12-14)17(27)11-31-18(28)10-26-16-6-4-3-5-15(16)24-19(26)20(21,22)23/h3-6,13-14H,7-12H2,1-2H3/t14-/m1/s1. The Kier molecular flexibility index (Phi) is 6.82. The topological polar surface area (TPSA) is 98.6 Å². The molecular weight excluding hydrogens is 451 g/mol. The predicted molar refractivity (Wildman–Crippen MR) is 109 cm³/mol. The van der Waals surface area contributed by atoms with Gasteiger partial charge in [0, 0.05) is 12.6 Å². The molecule has 0 aliphatic carbocycles. The van der Waals surface area contributed by atoms with Crippen LogP contribution in [0.25, 0.3) is 11.0 Å². The van der Waals surface area contributed by atoms with Crippen molar-refractivity contribution in [3.8, 4) is 0 Å². The fraction of sp³-hybridized carbons (Fsp3) is 0.550. The minimum Gasteiger partial charge on any atom is -0.454 e. The molecule has 8 nitrogen and oxygen atoms in total. The molecular formula is C20H24F3N3O5S. The minimum atomic E-state index is -4.78. The van der Waals surface area contributed by atoms with Crippen LogP contribution >= 0.6 is 0 Å². The second-order valence-electron chi connectivity index (χ2n) is 8.17. The number of ether oxygens (including phenoxy) is 1. The van der Waals surface area contributed by atoms with Crippen molar-refractivity contribution in [2.45, 2.75) is 39.0 Å². The van der Waals surface area contributed by atoms with Crippen molar-refractivity contribution in [1.82, 2.24) is 14.5 Å². The number of amides is 1. The molecule has 0 radical (unpaired) electrons. The Balaban J connectivity index is 1.71. The summed E-state index contributed by atoms with van der Waals surface area (Å²) < 4.78 is 69.4. The highest BCUT2D eigenvalue weighted by Crippen LogP contribution is 2.31. The van der Waals surface area contributed by atoms with E-state index >= 15 is 0 Å². The molecule has 1 saturated heterocycles. The van der Waals surface area contributed by atoms with Gasteiger partial charge in [0.05, 0.1) is 22.5 Å². The quantitative estimate of drug-likeness (QED) is 0.570. The summed E-state index contributed by atoms with van der Waals surface area (Å²) in [6, 6.07) is 5.34. The van der Waals surface area contributed by atoms with Gasteiger partial charge in [-0.25, -0.2) is 13.4 Å². The first-order valence-electron chi connectivity index (χ1n) is 10.1. The van der Waals surface area contributed by atoms with Crippen LogP contribution in [-0.4, -0.2) is 65.4 Å². The molecule has 0 N–H and O–H groups in total. The van der Waals surface area contributed by atoms with E-state index in [1.165, 1.54) is 29.2 Å². The summed E-state index contributed by atoms with van der Waals surface area (Å²) in [7, 11) is -3.23. The fourth-order valence-corrected chi connectivity index (χ4v) is 5.45. The lowest BCUT2D eigenvalue weighted by molar-refractivity contribution is -0.156. The Morgan fingerprint density at radius 1 is 1.28 bits per heavy atom. The van der Waals surface area contributed by atoms with Crippen LogP contribution in [0.3, 0.4) is 0 Å². The number of nitrogens with zero attached hydrogens (tertiary/aromatic N) is 3. The van der Waals surface area contributed by atoms with Crippen LogP contribution in [0.5, 0.6) is 0 Å². The lowest BCUT2D eigenvalue weighted by atomic mass is 10.1. The Morgan fingerprint density at radius 2 is 1.97 bits per heavy atom. The summed E-state index contributed by atoms with van der Waals surface area (Å²) >= 11 is 0. The third-order valence-electron chi connectivity index (χ3n) is 5.08. The fourth-order valence-electron chi connectivity index (χ4n) is 3.72. The Labute approximate surface area is 183 Å². The zero-order valence-corrected chi connectivity index (χ0v) is 18.4. The van der Waals surface area contributed by atoms with Crippen LogP contribution in [0, 0.1) is 5.92 Å². The number of carbonyl (C=O) groups is 2. The summed E-state index contributed by atoms with van der Waals surface area (Å²) in [5, 5.41) is 0. The number of benzene rings is 1. The van der Waals surface area contributed by atoms with Crippen molar-refractivity contribution in [2.24, 2.45) is 5.92 Å². The molecule has 1 aromatic carbocycles. The van der Waals surface area contributed by atoms with Gasteiger partial charge in [-0.3, -0.25) is 9.59 Å². The molecule has 12 heteroatoms. The maximum atomic E-state index is 13.4. The summed E-state index contributed by atoms with van der Waals surface area (Å²) in [6.45, 7) is 2.54. The molecule has 0 spiro atoms. The molecule has 176 valence electrons. The second kappa shape index (κ2) is 9.08. The Morgan fingerprint density at radius 3 is 2.56 bits per heavy atom. The summed E-state index contributed by atoms with van der Waals surface area (Å²) in [4.78, 5) is 29.9. The van der Waals surface area contributed by atoms with E-state index in [1.54, 1.807) is 0 Å². The highest BCUT2D eigenvalue weighted by molar-refractivity contribution is 7.91. The summed E-state index contributed by atoms with van der Waals surface area (Å²) in [5.41, 5.74) is 0.190. The molecule has 32 heavy (non-hydrogen) atoms. The van der Waals surface area contributed by atoms with E-state index in [9.17, 15) is 31.2 Å². The average molecular weight is 475 g/mol. The summed E-state index contributed by atoms with van der Waals surface area (Å²) in [5.74, 6) is -2.98. The van der Waals surface area contributed by atoms with Crippen LogP contribution in [-0.2, 0) is 36.9 Å². The molecule has 2 aromatic rings. The number of para-hydroxylation sites is 2. The monoisotopic (exact) mass is 475 g/mol. The van der Waals surface area contributed by atoms with Crippen molar-refractivity contribution in [3.05, 3.63) is 30.1 Å². The number of fused-ring (bicyclic) bond motifs is 1. The molecule has 1 aliphatic rings. The molecule has 1 atom stereocenters. The van der Waals surface area contributed by atoms with E-state index in [-0.39, 0.29) is 35.0 Å². The van der Waals surface area contributed by atoms with Crippen molar-refractivity contribution < 1.29 is 35.9 Å². The van der Waals surface area contributed by atoms with Gasteiger partial charge >= 0.3 is 12.1 Å². The van der Waals surface area contributed by atoms with Gasteiger partial charge in [0.15, 0.2) is 16.4 Å². The van der Waals surface area contributed by atoms with Gasteiger partial charge in [-0.1, -0.05) is 26.0 Å². The van der Waals surface area contributed by atoms with Crippen LogP contribution in [0.2, 0.25) is 0 Å². The number of hydrogen-bond acceptors (Lipinski definition) is 6. The van der Waals surface area contributed by atoms with Crippen LogP contribution < -0.4 is 0 Å². The molecule has 0 unspecified atom stereocenters. The lowest BCUT2D eigenvalue weighted by Crippen LogP contribution is -2.45. The van der Waals surface area contributed by atoms with Crippen molar-refractivity contribution in [1.29, 1.82) is 0 Å². The Hall–Kier alpha value is -2.63. The average Bonchev–Trinajstić information content (AvgIpc) is 3.24. The number of hydrogen-bond donors (Lipinski definition) is 0. The molecule has 1 aromatic heterocycles. The van der Waals surface area contributed by atoms with E-state index < -0.39 is 52.9 Å². The van der Waals surface area contributed by atoms with Gasteiger partial charge in [0.25, 0.3) is 5.91 Å². The third-order valence-corrected chi connectivity index (χ3v) is 6.83. The van der Waals surface area contributed by atoms with Gasteiger partial charge in [-0.15, -0.1) is 0 Å². The van der Waals surface area contributed by atoms with Gasteiger partial charge in [-0.05, 0) is 24.5 Å². The van der Waals surface area contributed by atoms with Crippen LogP contribution in [0.1, 0.15) is 26.1 Å². The molecule has 3 rings (SSSR count). The number of imidazole rings is 1. The molecule has 0 bridgehead atoms. The van der Waals surface area contributed by atoms with Crippen molar-refractivity contribution >= 4 is 32.7 Å². The molecule has 1 amide bonds. The van der Waals surface area contributed by atoms with E-state index in [4.69, 9.17) is 4.74 Å². The molecule has 0 saturated carbocycles. The highest BCUT2D eigenvalue weighted by atomic mass is 32.2. The normalized spacial score (nSPS) is 18.2. The summed E-state index contributed by atoms with van der Waals surface area (Å²) in [6.07, 6.45) is -4.48. The number of aromatic nitrogens is 2. The predicted octanol–water partition coefficient (Wildman–Crippen LogP) is 2.27. The zero-order valence-electron chi connectivity index (χ0n) is 17.6. The number of rotatable bonds is 7. The van der Waals surface area contributed by atoms with Crippen molar-refractivity contribution in [3.63, 3.8) is 0 Å². The van der Waals surface area contributed by atoms with Gasteiger partial charge < -0.3 is 14.2 Å². The smallest absolute Gasteiger partial charge is 0.449 e. The maximum absolute atomic E-state index is 13.4. The lowest BCUT2D eigenvalue weighted by Gasteiger charge is -2.29. The van der Waals surface area contributed by atoms with Gasteiger partial charge in [0.1, 0.15) is 6.54 Å². The minimum absolute atomic E-state index is 0.0206. The first-order valence-corrected chi connectivity index (χ1v) is 11.9. The van der Waals surface area contributed by atoms with E-state index in [0.717, 1.165) is 0 Å². The number of carbonyl (C=O) groups excluding carboxylic acids is 2. The van der Waals surface area contributed by atoms with E-state index in [1.807, 2.05) is 13.8 Å². The first kappa shape index (κ1) is 24.0. The number of esters is 1. The second-order valence-corrected chi connectivity index (χ2v) is 10.4. The zero-order chi connectivity index (χ0) is 23.7. The Bertz CT molecular complexity index is 1110. The molecule has 1 fully saturated rings. The van der Waals surface area contributed by atoms with Crippen molar-refractivity contribution in [2.75, 3.05) is 24.7 Å². The third kappa shape index (κ3) is 5.59.